The molecule has 0 spiro atoms. The van der Waals surface area contributed by atoms with Crippen LogP contribution in [0.4, 0.5) is 0 Å². The molecule has 0 radical (unpaired) electrons. The second-order valence-corrected chi connectivity index (χ2v) is 11.6. The van der Waals surface area contributed by atoms with Gasteiger partial charge in [-0.3, -0.25) is 9.59 Å². The maximum absolute atomic E-state index is 13.8. The lowest BCUT2D eigenvalue weighted by molar-refractivity contribution is -0.164. The van der Waals surface area contributed by atoms with E-state index in [0.29, 0.717) is 67.8 Å². The van der Waals surface area contributed by atoms with Gasteiger partial charge < -0.3 is 34.1 Å². The number of ketones is 1. The average molecular weight is 626 g/mol. The van der Waals surface area contributed by atoms with Crippen molar-refractivity contribution in [2.45, 2.75) is 69.9 Å². The van der Waals surface area contributed by atoms with E-state index in [0.717, 1.165) is 18.4 Å². The summed E-state index contributed by atoms with van der Waals surface area (Å²) in [5.41, 5.74) is 1.52. The molecule has 1 saturated carbocycles. The van der Waals surface area contributed by atoms with Crippen molar-refractivity contribution in [2.24, 2.45) is 11.8 Å². The summed E-state index contributed by atoms with van der Waals surface area (Å²) in [4.78, 5) is 53.1. The molecule has 2 fully saturated rings. The number of carbonyl (C=O) groups is 4. The quantitative estimate of drug-likeness (QED) is 0.232. The smallest absolute Gasteiger partial charge is 0.341 e. The number of aliphatic carboxylic acids is 1. The van der Waals surface area contributed by atoms with E-state index >= 15 is 0 Å². The van der Waals surface area contributed by atoms with Crippen LogP contribution in [0.5, 0.6) is 17.2 Å². The molecule has 2 aromatic carbocycles. The van der Waals surface area contributed by atoms with Crippen LogP contribution in [-0.2, 0) is 30.3 Å². The number of hydrogen-bond donors (Lipinski definition) is 2. The van der Waals surface area contributed by atoms with Gasteiger partial charge in [0.15, 0.2) is 18.1 Å². The molecule has 1 aliphatic carbocycles. The monoisotopic (exact) mass is 625 g/mol. The summed E-state index contributed by atoms with van der Waals surface area (Å²) in [7, 11) is 3.11. The first-order valence-corrected chi connectivity index (χ1v) is 15.6. The zero-order chi connectivity index (χ0) is 32.3. The van der Waals surface area contributed by atoms with Crippen LogP contribution in [0.3, 0.4) is 0 Å². The molecule has 2 aliphatic rings. The van der Waals surface area contributed by atoms with Crippen LogP contribution in [0.15, 0.2) is 42.5 Å². The third-order valence-electron chi connectivity index (χ3n) is 8.72. The Labute approximate surface area is 263 Å². The molecule has 4 rings (SSSR count). The molecular formula is C34H43NO10. The van der Waals surface area contributed by atoms with Crippen LogP contribution in [0.25, 0.3) is 0 Å². The fraction of sp³-hybridized carbons (Fsp3) is 0.529. The summed E-state index contributed by atoms with van der Waals surface area (Å²) in [5, 5.41) is 18.9. The fourth-order valence-corrected chi connectivity index (χ4v) is 6.29. The summed E-state index contributed by atoms with van der Waals surface area (Å²) < 4.78 is 22.3. The number of Topliss-reactive ketones (excluding diaryl/α,β-unsaturated/α-hetero) is 1. The second-order valence-electron chi connectivity index (χ2n) is 11.6. The third-order valence-corrected chi connectivity index (χ3v) is 8.72. The van der Waals surface area contributed by atoms with E-state index in [1.165, 1.54) is 4.90 Å². The second kappa shape index (κ2) is 16.3. The molecule has 244 valence electrons. The van der Waals surface area contributed by atoms with Gasteiger partial charge in [-0.15, -0.1) is 0 Å². The minimum Gasteiger partial charge on any atom is -0.493 e. The molecular weight excluding hydrogens is 582 g/mol. The first-order chi connectivity index (χ1) is 21.7. The van der Waals surface area contributed by atoms with Gasteiger partial charge in [-0.05, 0) is 86.3 Å². The van der Waals surface area contributed by atoms with Crippen molar-refractivity contribution < 1.29 is 48.3 Å². The van der Waals surface area contributed by atoms with Crippen molar-refractivity contribution in [1.82, 2.24) is 4.90 Å². The Kier molecular flexibility index (Phi) is 12.2. The van der Waals surface area contributed by atoms with Gasteiger partial charge in [0, 0.05) is 19.1 Å². The third kappa shape index (κ3) is 8.75. The van der Waals surface area contributed by atoms with Crippen molar-refractivity contribution >= 4 is 23.6 Å². The number of carboxylic acids is 1. The maximum Gasteiger partial charge on any atom is 0.341 e. The lowest BCUT2D eigenvalue weighted by atomic mass is 9.77. The summed E-state index contributed by atoms with van der Waals surface area (Å²) in [5.74, 6) is -2.28. The predicted molar refractivity (Wildman–Crippen MR) is 163 cm³/mol. The van der Waals surface area contributed by atoms with Crippen LogP contribution in [0.1, 0.15) is 68.6 Å². The van der Waals surface area contributed by atoms with Crippen molar-refractivity contribution in [2.75, 3.05) is 34.0 Å². The highest BCUT2D eigenvalue weighted by Gasteiger charge is 2.41. The number of carbonyl (C=O) groups excluding carboxylic acids is 3. The largest absolute Gasteiger partial charge is 0.493 e. The Morgan fingerprint density at radius 2 is 1.69 bits per heavy atom. The number of amides is 1. The first kappa shape index (κ1) is 33.8. The summed E-state index contributed by atoms with van der Waals surface area (Å²) >= 11 is 0. The van der Waals surface area contributed by atoms with Gasteiger partial charge in [0.25, 0.3) is 5.91 Å². The number of aliphatic hydroxyl groups is 1. The molecule has 1 amide bonds. The van der Waals surface area contributed by atoms with Gasteiger partial charge in [-0.2, -0.15) is 0 Å². The maximum atomic E-state index is 13.8. The lowest BCUT2D eigenvalue weighted by Gasteiger charge is -2.36. The molecule has 45 heavy (non-hydrogen) atoms. The van der Waals surface area contributed by atoms with Gasteiger partial charge >= 0.3 is 11.9 Å². The number of ether oxygens (including phenoxy) is 4. The highest BCUT2D eigenvalue weighted by molar-refractivity contribution is 6.37. The van der Waals surface area contributed by atoms with E-state index in [2.05, 4.69) is 0 Å². The molecule has 1 heterocycles. The number of likely N-dealkylation sites (tertiary alicyclic amines) is 1. The van der Waals surface area contributed by atoms with Gasteiger partial charge in [0.05, 0.1) is 14.2 Å². The fourth-order valence-electron chi connectivity index (χ4n) is 6.29. The minimum absolute atomic E-state index is 0.147. The SMILES string of the molecule is COc1ccc(CC[C@@H](OC(=O)C2CCCCN2C(=O)C(=O)[C@@H]2CCCC[C@H]2CO)c2cccc(OCC(=O)O)c2)cc1OC. The Hall–Kier alpha value is -4.12. The van der Waals surface area contributed by atoms with E-state index in [1.807, 2.05) is 12.1 Å². The van der Waals surface area contributed by atoms with Crippen LogP contribution in [0.2, 0.25) is 0 Å². The molecule has 2 aromatic rings. The number of carboxylic acid groups (broad SMARTS) is 1. The van der Waals surface area contributed by atoms with Crippen LogP contribution in [-0.4, -0.2) is 78.8 Å². The predicted octanol–water partition coefficient (Wildman–Crippen LogP) is 4.13. The molecule has 11 heteroatoms. The van der Waals surface area contributed by atoms with Crippen LogP contribution in [0, 0.1) is 11.8 Å². The molecule has 1 aliphatic heterocycles. The Morgan fingerprint density at radius 1 is 0.933 bits per heavy atom. The number of piperidine rings is 1. The standard InChI is InChI=1S/C34H43NO10/c1-42-29-16-14-22(18-30(29)43-2)13-15-28(23-9-7-10-25(19-23)44-21-31(37)38)45-34(41)27-12-5-6-17-35(27)33(40)32(39)26-11-4-3-8-24(26)20-36/h7,9-10,14,16,18-19,24,26-28,36H,3-6,8,11-13,15,17,20-21H2,1-2H3,(H,37,38)/t24-,26+,27?,28+/m0/s1. The number of benzene rings is 2. The minimum atomic E-state index is -1.12. The van der Waals surface area contributed by atoms with E-state index < -0.39 is 48.3 Å². The number of nitrogens with zero attached hydrogens (tertiary/aromatic N) is 1. The van der Waals surface area contributed by atoms with Gasteiger partial charge in [-0.1, -0.05) is 31.0 Å². The van der Waals surface area contributed by atoms with Gasteiger partial charge in [0.2, 0.25) is 5.78 Å². The van der Waals surface area contributed by atoms with Crippen LogP contribution >= 0.6 is 0 Å². The highest BCUT2D eigenvalue weighted by atomic mass is 16.5. The van der Waals surface area contributed by atoms with E-state index in [-0.39, 0.29) is 19.1 Å². The first-order valence-electron chi connectivity index (χ1n) is 15.6. The molecule has 0 bridgehead atoms. The number of esters is 1. The molecule has 2 N–H and O–H groups in total. The Morgan fingerprint density at radius 3 is 2.42 bits per heavy atom. The average Bonchev–Trinajstić information content (AvgIpc) is 3.08. The molecule has 11 nitrogen and oxygen atoms in total. The highest BCUT2D eigenvalue weighted by Crippen LogP contribution is 2.34. The van der Waals surface area contributed by atoms with E-state index in [4.69, 9.17) is 24.1 Å². The lowest BCUT2D eigenvalue weighted by Crippen LogP contribution is -2.53. The number of rotatable bonds is 14. The van der Waals surface area contributed by atoms with Crippen molar-refractivity contribution in [3.05, 3.63) is 53.6 Å². The molecule has 1 unspecified atom stereocenters. The zero-order valence-corrected chi connectivity index (χ0v) is 25.9. The Balaban J connectivity index is 1.55. The number of hydrogen-bond acceptors (Lipinski definition) is 9. The number of methoxy groups -OCH3 is 2. The summed E-state index contributed by atoms with van der Waals surface area (Å²) in [6, 6.07) is 11.4. The molecule has 1 saturated heterocycles. The molecule has 0 aromatic heterocycles. The van der Waals surface area contributed by atoms with Crippen molar-refractivity contribution in [3.63, 3.8) is 0 Å². The normalized spacial score (nSPS) is 20.5. The van der Waals surface area contributed by atoms with Crippen molar-refractivity contribution in [1.29, 1.82) is 0 Å². The van der Waals surface area contributed by atoms with E-state index in [9.17, 15) is 24.3 Å². The van der Waals surface area contributed by atoms with Gasteiger partial charge in [-0.25, -0.2) is 9.59 Å². The number of aliphatic hydroxyl groups excluding tert-OH is 1. The summed E-state index contributed by atoms with van der Waals surface area (Å²) in [6.07, 6.45) is 4.83. The van der Waals surface area contributed by atoms with E-state index in [1.54, 1.807) is 44.6 Å². The van der Waals surface area contributed by atoms with Crippen molar-refractivity contribution in [3.8, 4) is 17.2 Å². The molecule has 4 atom stereocenters. The zero-order valence-electron chi connectivity index (χ0n) is 25.9. The van der Waals surface area contributed by atoms with Crippen LogP contribution < -0.4 is 14.2 Å². The topological polar surface area (TPSA) is 149 Å². The number of aryl methyl sites for hydroxylation is 1. The Bertz CT molecular complexity index is 1340. The van der Waals surface area contributed by atoms with Gasteiger partial charge in [0.1, 0.15) is 17.9 Å². The summed E-state index contributed by atoms with van der Waals surface area (Å²) in [6.45, 7) is -0.396.